The number of likely N-dealkylation sites (tertiary alicyclic amines) is 1. The van der Waals surface area contributed by atoms with E-state index in [0.717, 1.165) is 31.5 Å². The van der Waals surface area contributed by atoms with E-state index in [1.807, 2.05) is 27.8 Å². The predicted molar refractivity (Wildman–Crippen MR) is 104 cm³/mol. The minimum Gasteiger partial charge on any atom is -0.463 e. The molecule has 1 amide bonds. The van der Waals surface area contributed by atoms with Crippen molar-refractivity contribution in [3.05, 3.63) is 63.3 Å². The summed E-state index contributed by atoms with van der Waals surface area (Å²) in [7, 11) is 0. The number of amides is 1. The summed E-state index contributed by atoms with van der Waals surface area (Å²) in [5.41, 5.74) is 1.63. The summed E-state index contributed by atoms with van der Waals surface area (Å²) in [4.78, 5) is 26.5. The van der Waals surface area contributed by atoms with Crippen LogP contribution < -0.4 is 5.56 Å². The summed E-state index contributed by atoms with van der Waals surface area (Å²) < 4.78 is 6.89. The van der Waals surface area contributed by atoms with E-state index in [-0.39, 0.29) is 11.5 Å². The van der Waals surface area contributed by atoms with Crippen molar-refractivity contribution in [2.75, 3.05) is 13.1 Å². The molecule has 0 aliphatic carbocycles. The molecule has 1 fully saturated rings. The average molecular weight is 383 g/mol. The summed E-state index contributed by atoms with van der Waals surface area (Å²) >= 11 is 1.61. The molecular weight excluding hydrogens is 362 g/mol. The number of thiophene rings is 1. The summed E-state index contributed by atoms with van der Waals surface area (Å²) in [5.74, 6) is 1.17. The van der Waals surface area contributed by atoms with Gasteiger partial charge in [0.15, 0.2) is 5.76 Å². The smallest absolute Gasteiger partial charge is 0.266 e. The van der Waals surface area contributed by atoms with Crippen molar-refractivity contribution in [3.8, 4) is 11.5 Å². The van der Waals surface area contributed by atoms with Gasteiger partial charge in [-0.15, -0.1) is 0 Å². The van der Waals surface area contributed by atoms with Crippen LogP contribution in [0, 0.1) is 5.92 Å². The van der Waals surface area contributed by atoms with Crippen molar-refractivity contribution in [2.45, 2.75) is 25.8 Å². The Morgan fingerprint density at radius 3 is 2.78 bits per heavy atom. The molecule has 4 heterocycles. The number of nitrogens with zero attached hydrogens (tertiary/aromatic N) is 3. The van der Waals surface area contributed by atoms with Crippen LogP contribution in [0.5, 0.6) is 0 Å². The highest BCUT2D eigenvalue weighted by Crippen LogP contribution is 2.21. The molecule has 0 N–H and O–H groups in total. The normalized spacial score (nSPS) is 15.2. The molecule has 0 saturated carbocycles. The van der Waals surface area contributed by atoms with E-state index < -0.39 is 0 Å². The number of carbonyl (C=O) groups is 1. The van der Waals surface area contributed by atoms with Gasteiger partial charge in [0.25, 0.3) is 5.56 Å². The van der Waals surface area contributed by atoms with Crippen LogP contribution in [0.4, 0.5) is 0 Å². The summed E-state index contributed by atoms with van der Waals surface area (Å²) in [6.07, 6.45) is 3.83. The van der Waals surface area contributed by atoms with E-state index in [4.69, 9.17) is 4.42 Å². The molecule has 7 heteroatoms. The van der Waals surface area contributed by atoms with E-state index in [2.05, 4.69) is 5.10 Å². The summed E-state index contributed by atoms with van der Waals surface area (Å²) in [5, 5.41) is 8.46. The fraction of sp³-hybridized carbons (Fsp3) is 0.350. The number of rotatable bonds is 5. The Morgan fingerprint density at radius 2 is 2.07 bits per heavy atom. The van der Waals surface area contributed by atoms with Gasteiger partial charge in [-0.3, -0.25) is 9.59 Å². The zero-order valence-electron chi connectivity index (χ0n) is 14.9. The van der Waals surface area contributed by atoms with Crippen molar-refractivity contribution < 1.29 is 9.21 Å². The molecule has 1 aliphatic rings. The first-order chi connectivity index (χ1) is 13.2. The lowest BCUT2D eigenvalue weighted by molar-refractivity contribution is -0.131. The lowest BCUT2D eigenvalue weighted by atomic mass is 9.96. The molecule has 140 valence electrons. The first kappa shape index (κ1) is 17.7. The van der Waals surface area contributed by atoms with E-state index in [1.54, 1.807) is 29.7 Å². The van der Waals surface area contributed by atoms with Crippen LogP contribution in [0.2, 0.25) is 0 Å². The Hall–Kier alpha value is -2.67. The third-order valence-electron chi connectivity index (χ3n) is 4.97. The fourth-order valence-corrected chi connectivity index (χ4v) is 4.09. The molecule has 0 unspecified atom stereocenters. The third kappa shape index (κ3) is 4.19. The summed E-state index contributed by atoms with van der Waals surface area (Å²) in [6, 6.07) is 8.84. The molecule has 6 nitrogen and oxygen atoms in total. The second-order valence-corrected chi connectivity index (χ2v) is 7.63. The van der Waals surface area contributed by atoms with Gasteiger partial charge in [-0.05, 0) is 59.3 Å². The van der Waals surface area contributed by atoms with Crippen LogP contribution in [0.1, 0.15) is 18.4 Å². The Balaban J connectivity index is 1.36. The first-order valence-electron chi connectivity index (χ1n) is 9.10. The Kier molecular flexibility index (Phi) is 5.20. The highest BCUT2D eigenvalue weighted by Gasteiger charge is 2.23. The van der Waals surface area contributed by atoms with Gasteiger partial charge in [-0.25, -0.2) is 4.68 Å². The third-order valence-corrected chi connectivity index (χ3v) is 5.71. The largest absolute Gasteiger partial charge is 0.463 e. The van der Waals surface area contributed by atoms with Crippen LogP contribution >= 0.6 is 11.3 Å². The summed E-state index contributed by atoms with van der Waals surface area (Å²) in [6.45, 7) is 2.04. The highest BCUT2D eigenvalue weighted by atomic mass is 32.1. The highest BCUT2D eigenvalue weighted by molar-refractivity contribution is 7.08. The molecule has 0 aromatic carbocycles. The van der Waals surface area contributed by atoms with Gasteiger partial charge < -0.3 is 9.32 Å². The lowest BCUT2D eigenvalue weighted by Crippen LogP contribution is -2.41. The van der Waals surface area contributed by atoms with Crippen molar-refractivity contribution in [3.63, 3.8) is 0 Å². The molecular formula is C20H21N3O3S. The zero-order chi connectivity index (χ0) is 18.6. The molecule has 0 spiro atoms. The van der Waals surface area contributed by atoms with E-state index in [9.17, 15) is 9.59 Å². The standard InChI is InChI=1S/C20H21N3O3S/c24-19-4-3-17(18-2-1-10-26-18)21-23(19)13-15-5-8-22(9-6-15)20(25)12-16-7-11-27-14-16/h1-4,7,10-11,14-15H,5-6,8-9,12-13H2. The maximum Gasteiger partial charge on any atom is 0.266 e. The zero-order valence-corrected chi connectivity index (χ0v) is 15.7. The Morgan fingerprint density at radius 1 is 1.22 bits per heavy atom. The van der Waals surface area contributed by atoms with Gasteiger partial charge in [0, 0.05) is 25.7 Å². The number of hydrogen-bond acceptors (Lipinski definition) is 5. The van der Waals surface area contributed by atoms with E-state index in [1.165, 1.54) is 10.7 Å². The number of carbonyl (C=O) groups excluding carboxylic acids is 1. The molecule has 1 saturated heterocycles. The second kappa shape index (κ2) is 7.92. The molecule has 3 aromatic heterocycles. The van der Waals surface area contributed by atoms with Gasteiger partial charge >= 0.3 is 0 Å². The van der Waals surface area contributed by atoms with Crippen LogP contribution in [-0.2, 0) is 17.8 Å². The van der Waals surface area contributed by atoms with Crippen molar-refractivity contribution in [1.29, 1.82) is 0 Å². The van der Waals surface area contributed by atoms with Crippen molar-refractivity contribution >= 4 is 17.2 Å². The van der Waals surface area contributed by atoms with Crippen LogP contribution in [-0.4, -0.2) is 33.7 Å². The molecule has 3 aromatic rings. The van der Waals surface area contributed by atoms with Crippen LogP contribution in [0.3, 0.4) is 0 Å². The number of aromatic nitrogens is 2. The molecule has 0 radical (unpaired) electrons. The number of hydrogen-bond donors (Lipinski definition) is 0. The quantitative estimate of drug-likeness (QED) is 0.679. The fourth-order valence-electron chi connectivity index (χ4n) is 3.42. The van der Waals surface area contributed by atoms with Gasteiger partial charge in [0.2, 0.25) is 5.91 Å². The SMILES string of the molecule is O=C(Cc1ccsc1)N1CCC(Cn2nc(-c3ccco3)ccc2=O)CC1. The molecule has 4 rings (SSSR count). The number of furan rings is 1. The maximum atomic E-state index is 12.4. The van der Waals surface area contributed by atoms with Crippen molar-refractivity contribution in [2.24, 2.45) is 5.92 Å². The van der Waals surface area contributed by atoms with Crippen LogP contribution in [0.15, 0.2) is 56.6 Å². The maximum absolute atomic E-state index is 12.4. The van der Waals surface area contributed by atoms with Crippen LogP contribution in [0.25, 0.3) is 11.5 Å². The lowest BCUT2D eigenvalue weighted by Gasteiger charge is -2.32. The van der Waals surface area contributed by atoms with Gasteiger partial charge in [0.05, 0.1) is 12.7 Å². The van der Waals surface area contributed by atoms with Gasteiger partial charge in [-0.1, -0.05) is 0 Å². The predicted octanol–water partition coefficient (Wildman–Crippen LogP) is 3.05. The van der Waals surface area contributed by atoms with Crippen molar-refractivity contribution in [1.82, 2.24) is 14.7 Å². The Bertz CT molecular complexity index is 939. The average Bonchev–Trinajstić information content (AvgIpc) is 3.38. The Labute approximate surface area is 161 Å². The second-order valence-electron chi connectivity index (χ2n) is 6.85. The topological polar surface area (TPSA) is 68.3 Å². The molecule has 1 aliphatic heterocycles. The van der Waals surface area contributed by atoms with Gasteiger partial charge in [0.1, 0.15) is 5.69 Å². The molecule has 0 atom stereocenters. The molecule has 0 bridgehead atoms. The van der Waals surface area contributed by atoms with E-state index in [0.29, 0.717) is 30.3 Å². The number of piperidine rings is 1. The first-order valence-corrected chi connectivity index (χ1v) is 10.0. The monoisotopic (exact) mass is 383 g/mol. The van der Waals surface area contributed by atoms with Gasteiger partial charge in [-0.2, -0.15) is 16.4 Å². The minimum atomic E-state index is -0.110. The minimum absolute atomic E-state index is 0.110. The molecule has 27 heavy (non-hydrogen) atoms. The van der Waals surface area contributed by atoms with E-state index >= 15 is 0 Å².